The Labute approximate surface area is 227 Å². The van der Waals surface area contributed by atoms with Gasteiger partial charge < -0.3 is 20.1 Å². The van der Waals surface area contributed by atoms with E-state index >= 15 is 0 Å². The number of carbonyl (C=O) groups is 1. The van der Waals surface area contributed by atoms with Gasteiger partial charge in [0, 0.05) is 17.9 Å². The van der Waals surface area contributed by atoms with Crippen molar-refractivity contribution in [3.63, 3.8) is 0 Å². The Morgan fingerprint density at radius 3 is 2.39 bits per heavy atom. The van der Waals surface area contributed by atoms with Gasteiger partial charge in [-0.1, -0.05) is 67.3 Å². The van der Waals surface area contributed by atoms with Crippen molar-refractivity contribution in [1.82, 2.24) is 20.3 Å². The highest BCUT2D eigenvalue weighted by Crippen LogP contribution is 2.40. The number of carbonyl (C=O) groups excluding carboxylic acids is 1. The van der Waals surface area contributed by atoms with Crippen LogP contribution in [-0.4, -0.2) is 32.6 Å². The minimum absolute atomic E-state index is 0.0858. The SMILES string of the molecule is CC(=O)NC(C)(C)c1ccc(Oc2nc3nc(-c4ccc(C5(CO)CCCCC5)cc4)c(Cl)cc3[nH]2)cc1. The zero-order valence-corrected chi connectivity index (χ0v) is 22.7. The number of hydrogen-bond donors (Lipinski definition) is 3. The third-order valence-corrected chi connectivity index (χ3v) is 7.86. The molecule has 2 aromatic heterocycles. The zero-order valence-electron chi connectivity index (χ0n) is 22.0. The Hall–Kier alpha value is -3.42. The molecular formula is C30H33ClN4O3. The van der Waals surface area contributed by atoms with Crippen LogP contribution in [0.25, 0.3) is 22.4 Å². The second-order valence-corrected chi connectivity index (χ2v) is 11.1. The van der Waals surface area contributed by atoms with Gasteiger partial charge >= 0.3 is 6.01 Å². The van der Waals surface area contributed by atoms with E-state index in [4.69, 9.17) is 21.3 Å². The predicted octanol–water partition coefficient (Wildman–Crippen LogP) is 6.64. The van der Waals surface area contributed by atoms with Gasteiger partial charge in [0.25, 0.3) is 0 Å². The van der Waals surface area contributed by atoms with E-state index in [9.17, 15) is 9.90 Å². The summed E-state index contributed by atoms with van der Waals surface area (Å²) in [4.78, 5) is 23.9. The number of aromatic nitrogens is 3. The summed E-state index contributed by atoms with van der Waals surface area (Å²) in [7, 11) is 0. The molecule has 5 rings (SSSR count). The fourth-order valence-electron chi connectivity index (χ4n) is 5.46. The van der Waals surface area contributed by atoms with E-state index in [0.717, 1.165) is 36.8 Å². The van der Waals surface area contributed by atoms with Gasteiger partial charge in [-0.15, -0.1) is 0 Å². The molecule has 0 saturated heterocycles. The van der Waals surface area contributed by atoms with Gasteiger partial charge in [0.15, 0.2) is 5.65 Å². The van der Waals surface area contributed by atoms with Crippen LogP contribution in [0.15, 0.2) is 54.6 Å². The maximum atomic E-state index is 11.5. The smallest absolute Gasteiger partial charge is 0.301 e. The van der Waals surface area contributed by atoms with Crippen molar-refractivity contribution in [2.24, 2.45) is 0 Å². The van der Waals surface area contributed by atoms with Crippen LogP contribution in [0.2, 0.25) is 5.02 Å². The van der Waals surface area contributed by atoms with Crippen molar-refractivity contribution in [2.45, 2.75) is 63.8 Å². The Morgan fingerprint density at radius 2 is 1.76 bits per heavy atom. The molecule has 0 aliphatic heterocycles. The summed E-state index contributed by atoms with van der Waals surface area (Å²) in [6, 6.07) is 17.9. The highest BCUT2D eigenvalue weighted by molar-refractivity contribution is 6.33. The quantitative estimate of drug-likeness (QED) is 0.248. The second-order valence-electron chi connectivity index (χ2n) is 10.7. The second kappa shape index (κ2) is 10.4. The number of fused-ring (bicyclic) bond motifs is 1. The van der Waals surface area contributed by atoms with Crippen LogP contribution in [0, 0.1) is 0 Å². The molecule has 0 radical (unpaired) electrons. The number of aromatic amines is 1. The molecular weight excluding hydrogens is 500 g/mol. The molecule has 1 aliphatic carbocycles. The van der Waals surface area contributed by atoms with Crippen LogP contribution in [0.5, 0.6) is 11.8 Å². The molecule has 3 N–H and O–H groups in total. The number of pyridine rings is 1. The average Bonchev–Trinajstić information content (AvgIpc) is 3.29. The van der Waals surface area contributed by atoms with Crippen LogP contribution in [0.1, 0.15) is 64.0 Å². The summed E-state index contributed by atoms with van der Waals surface area (Å²) >= 11 is 6.63. The summed E-state index contributed by atoms with van der Waals surface area (Å²) in [5.41, 5.74) is 4.21. The van der Waals surface area contributed by atoms with Gasteiger partial charge in [0.05, 0.1) is 28.4 Å². The Morgan fingerprint density at radius 1 is 1.08 bits per heavy atom. The number of benzene rings is 2. The number of nitrogens with one attached hydrogen (secondary N) is 2. The fourth-order valence-corrected chi connectivity index (χ4v) is 5.72. The number of amides is 1. The zero-order chi connectivity index (χ0) is 26.9. The van der Waals surface area contributed by atoms with E-state index in [2.05, 4.69) is 27.4 Å². The Bertz CT molecular complexity index is 1440. The fraction of sp³-hybridized carbons (Fsp3) is 0.367. The molecule has 1 aliphatic rings. The Balaban J connectivity index is 1.36. The number of hydrogen-bond acceptors (Lipinski definition) is 5. The lowest BCUT2D eigenvalue weighted by atomic mass is 9.70. The summed E-state index contributed by atoms with van der Waals surface area (Å²) in [6.07, 6.45) is 5.56. The highest BCUT2D eigenvalue weighted by Gasteiger charge is 2.33. The summed E-state index contributed by atoms with van der Waals surface area (Å²) < 4.78 is 5.94. The molecule has 8 heteroatoms. The summed E-state index contributed by atoms with van der Waals surface area (Å²) in [5.74, 6) is 0.520. The van der Waals surface area contributed by atoms with E-state index < -0.39 is 5.54 Å². The first kappa shape index (κ1) is 26.2. The number of ether oxygens (including phenoxy) is 1. The molecule has 1 amide bonds. The standard InChI is InChI=1S/C30H33ClN4O3/c1-19(37)35-29(2,3)21-11-13-23(14-12-21)38-28-32-25-17-24(31)26(33-27(25)34-28)20-7-9-22(10-8-20)30(18-36)15-5-4-6-16-30/h7-14,17,36H,4-6,15-16,18H2,1-3H3,(H,35,37)(H,32,33,34). The molecule has 198 valence electrons. The van der Waals surface area contributed by atoms with Crippen molar-refractivity contribution >= 4 is 28.7 Å². The largest absolute Gasteiger partial charge is 0.426 e. The van der Waals surface area contributed by atoms with Crippen LogP contribution in [0.3, 0.4) is 0 Å². The lowest BCUT2D eigenvalue weighted by Crippen LogP contribution is -2.39. The van der Waals surface area contributed by atoms with Gasteiger partial charge in [0.2, 0.25) is 5.91 Å². The van der Waals surface area contributed by atoms with Crippen LogP contribution >= 0.6 is 11.6 Å². The monoisotopic (exact) mass is 532 g/mol. The van der Waals surface area contributed by atoms with E-state index in [-0.39, 0.29) is 17.9 Å². The van der Waals surface area contributed by atoms with Crippen molar-refractivity contribution in [2.75, 3.05) is 6.61 Å². The van der Waals surface area contributed by atoms with E-state index in [1.807, 2.05) is 56.3 Å². The first-order valence-corrected chi connectivity index (χ1v) is 13.4. The predicted molar refractivity (Wildman–Crippen MR) is 150 cm³/mol. The molecule has 7 nitrogen and oxygen atoms in total. The number of H-pyrrole nitrogens is 1. The van der Waals surface area contributed by atoms with Gasteiger partial charge in [-0.05, 0) is 56.0 Å². The number of imidazole rings is 1. The van der Waals surface area contributed by atoms with Crippen LogP contribution in [-0.2, 0) is 15.7 Å². The van der Waals surface area contributed by atoms with Crippen molar-refractivity contribution < 1.29 is 14.6 Å². The van der Waals surface area contributed by atoms with E-state index in [0.29, 0.717) is 33.6 Å². The lowest BCUT2D eigenvalue weighted by molar-refractivity contribution is -0.120. The highest BCUT2D eigenvalue weighted by atomic mass is 35.5. The molecule has 0 bridgehead atoms. The number of aliphatic hydroxyl groups excluding tert-OH is 1. The number of nitrogens with zero attached hydrogens (tertiary/aromatic N) is 2. The maximum Gasteiger partial charge on any atom is 0.301 e. The molecule has 2 aromatic carbocycles. The topological polar surface area (TPSA) is 100 Å². The number of rotatable bonds is 7. The Kier molecular flexibility index (Phi) is 7.16. The van der Waals surface area contributed by atoms with Crippen LogP contribution < -0.4 is 10.1 Å². The van der Waals surface area contributed by atoms with Gasteiger partial charge in [0.1, 0.15) is 5.75 Å². The van der Waals surface area contributed by atoms with E-state index in [1.54, 1.807) is 0 Å². The third-order valence-electron chi connectivity index (χ3n) is 7.57. The lowest BCUT2D eigenvalue weighted by Gasteiger charge is -2.36. The first-order valence-electron chi connectivity index (χ1n) is 13.0. The molecule has 4 aromatic rings. The average molecular weight is 533 g/mol. The molecule has 0 unspecified atom stereocenters. The first-order chi connectivity index (χ1) is 18.2. The minimum Gasteiger partial charge on any atom is -0.426 e. The molecule has 38 heavy (non-hydrogen) atoms. The molecule has 0 spiro atoms. The molecule has 0 atom stereocenters. The van der Waals surface area contributed by atoms with Crippen molar-refractivity contribution in [1.29, 1.82) is 0 Å². The molecule has 1 fully saturated rings. The van der Waals surface area contributed by atoms with Gasteiger partial charge in [-0.25, -0.2) is 4.98 Å². The normalized spacial score (nSPS) is 15.4. The van der Waals surface area contributed by atoms with Crippen molar-refractivity contribution in [3.05, 3.63) is 70.7 Å². The van der Waals surface area contributed by atoms with Gasteiger partial charge in [-0.3, -0.25) is 4.79 Å². The molecule has 2 heterocycles. The summed E-state index contributed by atoms with van der Waals surface area (Å²) in [6.45, 7) is 5.57. The van der Waals surface area contributed by atoms with Gasteiger partial charge in [-0.2, -0.15) is 4.98 Å². The third kappa shape index (κ3) is 5.26. The van der Waals surface area contributed by atoms with Crippen molar-refractivity contribution in [3.8, 4) is 23.0 Å². The molecule has 1 saturated carbocycles. The minimum atomic E-state index is -0.492. The summed E-state index contributed by atoms with van der Waals surface area (Å²) in [5, 5.41) is 13.6. The number of halogens is 1. The number of aliphatic hydroxyl groups is 1. The van der Waals surface area contributed by atoms with Crippen LogP contribution in [0.4, 0.5) is 0 Å². The maximum absolute atomic E-state index is 11.5. The van der Waals surface area contributed by atoms with E-state index in [1.165, 1.54) is 18.9 Å².